The molecule has 1 amide bonds. The average molecular weight is 303 g/mol. The van der Waals surface area contributed by atoms with Crippen LogP contribution in [0, 0.1) is 0 Å². The molecule has 3 rings (SSSR count). The van der Waals surface area contributed by atoms with Gasteiger partial charge in [-0.05, 0) is 25.1 Å². The number of amides is 1. The summed E-state index contributed by atoms with van der Waals surface area (Å²) in [5, 5.41) is 9.09. The Labute approximate surface area is 127 Å². The fourth-order valence-electron chi connectivity index (χ4n) is 2.71. The van der Waals surface area contributed by atoms with Crippen molar-refractivity contribution in [1.82, 2.24) is 14.5 Å². The molecule has 0 bridgehead atoms. The van der Waals surface area contributed by atoms with E-state index in [2.05, 4.69) is 4.98 Å². The number of carbonyl (C=O) groups excluding carboxylic acids is 1. The lowest BCUT2D eigenvalue weighted by atomic mass is 10.1. The Morgan fingerprint density at radius 2 is 2.14 bits per heavy atom. The first kappa shape index (κ1) is 14.5. The highest BCUT2D eigenvalue weighted by Gasteiger charge is 2.33. The second-order valence-electron chi connectivity index (χ2n) is 5.54. The van der Waals surface area contributed by atoms with Gasteiger partial charge in [0.1, 0.15) is 0 Å². The molecule has 0 radical (unpaired) electrons. The molecule has 1 aromatic heterocycles. The number of aromatic nitrogens is 2. The number of aliphatic carboxylic acids is 1. The Kier molecular flexibility index (Phi) is 3.58. The van der Waals surface area contributed by atoms with Crippen LogP contribution in [0.5, 0.6) is 0 Å². The first-order valence-corrected chi connectivity index (χ1v) is 7.04. The molecule has 2 aromatic rings. The Morgan fingerprint density at radius 1 is 1.36 bits per heavy atom. The van der Waals surface area contributed by atoms with Crippen LogP contribution in [0.25, 0.3) is 11.0 Å². The van der Waals surface area contributed by atoms with Gasteiger partial charge in [0.2, 0.25) is 0 Å². The quantitative estimate of drug-likeness (QED) is 0.890. The molecule has 0 saturated carbocycles. The monoisotopic (exact) mass is 303 g/mol. The van der Waals surface area contributed by atoms with E-state index in [1.54, 1.807) is 25.4 Å². The molecular formula is C15H17N3O4. The molecule has 116 valence electrons. The van der Waals surface area contributed by atoms with E-state index >= 15 is 0 Å². The van der Waals surface area contributed by atoms with Crippen molar-refractivity contribution in [3.63, 3.8) is 0 Å². The van der Waals surface area contributed by atoms with Gasteiger partial charge in [0.15, 0.2) is 6.10 Å². The largest absolute Gasteiger partial charge is 0.479 e. The van der Waals surface area contributed by atoms with Crippen LogP contribution in [0.3, 0.4) is 0 Å². The second kappa shape index (κ2) is 5.42. The summed E-state index contributed by atoms with van der Waals surface area (Å²) in [6, 6.07) is 5.31. The van der Waals surface area contributed by atoms with E-state index in [1.807, 2.05) is 17.7 Å². The number of nitrogens with zero attached hydrogens (tertiary/aromatic N) is 3. The maximum absolute atomic E-state index is 12.6. The molecular weight excluding hydrogens is 286 g/mol. The number of carbonyl (C=O) groups is 2. The van der Waals surface area contributed by atoms with Crippen molar-refractivity contribution in [3.05, 3.63) is 30.1 Å². The molecule has 7 nitrogen and oxygen atoms in total. The van der Waals surface area contributed by atoms with Gasteiger partial charge < -0.3 is 19.3 Å². The number of carboxylic acid groups (broad SMARTS) is 1. The highest BCUT2D eigenvalue weighted by atomic mass is 16.5. The summed E-state index contributed by atoms with van der Waals surface area (Å²) in [4.78, 5) is 29.5. The van der Waals surface area contributed by atoms with Crippen LogP contribution in [0.15, 0.2) is 24.5 Å². The number of hydrogen-bond donors (Lipinski definition) is 1. The molecule has 1 N–H and O–H groups in total. The van der Waals surface area contributed by atoms with Gasteiger partial charge in [-0.1, -0.05) is 0 Å². The van der Waals surface area contributed by atoms with Crippen LogP contribution in [0.4, 0.5) is 0 Å². The molecule has 2 atom stereocenters. The van der Waals surface area contributed by atoms with E-state index in [9.17, 15) is 9.59 Å². The summed E-state index contributed by atoms with van der Waals surface area (Å²) in [5.74, 6) is -1.25. The van der Waals surface area contributed by atoms with E-state index in [0.29, 0.717) is 12.1 Å². The fraction of sp³-hybridized carbons (Fsp3) is 0.400. The van der Waals surface area contributed by atoms with E-state index in [-0.39, 0.29) is 18.6 Å². The van der Waals surface area contributed by atoms with Crippen LogP contribution in [0.1, 0.15) is 17.3 Å². The van der Waals surface area contributed by atoms with Crippen molar-refractivity contribution < 1.29 is 19.4 Å². The normalized spacial score (nSPS) is 22.0. The predicted molar refractivity (Wildman–Crippen MR) is 78.6 cm³/mol. The van der Waals surface area contributed by atoms with Gasteiger partial charge in [-0.25, -0.2) is 9.78 Å². The third kappa shape index (κ3) is 2.55. The number of aryl methyl sites for hydroxylation is 1. The number of ether oxygens (including phenoxy) is 1. The fourth-order valence-corrected chi connectivity index (χ4v) is 2.71. The first-order valence-electron chi connectivity index (χ1n) is 7.04. The summed E-state index contributed by atoms with van der Waals surface area (Å²) < 4.78 is 7.20. The minimum absolute atomic E-state index is 0.0543. The Morgan fingerprint density at radius 3 is 2.86 bits per heavy atom. The van der Waals surface area contributed by atoms with Gasteiger partial charge in [0.05, 0.1) is 30.0 Å². The third-order valence-electron chi connectivity index (χ3n) is 3.80. The van der Waals surface area contributed by atoms with Gasteiger partial charge in [0.25, 0.3) is 5.91 Å². The van der Waals surface area contributed by atoms with Gasteiger partial charge >= 0.3 is 5.97 Å². The van der Waals surface area contributed by atoms with E-state index in [0.717, 1.165) is 11.0 Å². The lowest BCUT2D eigenvalue weighted by Gasteiger charge is -2.35. The lowest BCUT2D eigenvalue weighted by Crippen LogP contribution is -2.51. The Bertz CT molecular complexity index is 739. The second-order valence-corrected chi connectivity index (χ2v) is 5.54. The zero-order valence-corrected chi connectivity index (χ0v) is 12.4. The number of imidazole rings is 1. The minimum atomic E-state index is -1.05. The van der Waals surface area contributed by atoms with Crippen molar-refractivity contribution in [2.75, 3.05) is 13.1 Å². The Hall–Kier alpha value is -2.41. The van der Waals surface area contributed by atoms with E-state index in [4.69, 9.17) is 9.84 Å². The predicted octanol–water partition coefficient (Wildman–Crippen LogP) is 0.887. The third-order valence-corrected chi connectivity index (χ3v) is 3.80. The van der Waals surface area contributed by atoms with Crippen LogP contribution in [0.2, 0.25) is 0 Å². The number of carboxylic acids is 1. The molecule has 1 fully saturated rings. The topological polar surface area (TPSA) is 84.7 Å². The van der Waals surface area contributed by atoms with E-state index < -0.39 is 12.1 Å². The highest BCUT2D eigenvalue weighted by molar-refractivity contribution is 5.97. The van der Waals surface area contributed by atoms with Crippen molar-refractivity contribution in [2.45, 2.75) is 19.1 Å². The van der Waals surface area contributed by atoms with E-state index in [1.165, 1.54) is 4.90 Å². The summed E-state index contributed by atoms with van der Waals surface area (Å²) in [6.07, 6.45) is 0.402. The van der Waals surface area contributed by atoms with Crippen molar-refractivity contribution in [2.24, 2.45) is 7.05 Å². The summed E-state index contributed by atoms with van der Waals surface area (Å²) >= 11 is 0. The van der Waals surface area contributed by atoms with Gasteiger partial charge in [-0.2, -0.15) is 0 Å². The van der Waals surface area contributed by atoms with Crippen LogP contribution in [-0.2, 0) is 16.6 Å². The summed E-state index contributed by atoms with van der Waals surface area (Å²) in [6.45, 7) is 2.19. The first-order chi connectivity index (χ1) is 10.5. The molecule has 1 aliphatic heterocycles. The molecule has 7 heteroatoms. The number of benzene rings is 1. The molecule has 22 heavy (non-hydrogen) atoms. The molecule has 2 heterocycles. The highest BCUT2D eigenvalue weighted by Crippen LogP contribution is 2.18. The number of fused-ring (bicyclic) bond motifs is 1. The molecule has 1 saturated heterocycles. The maximum atomic E-state index is 12.6. The van der Waals surface area contributed by atoms with Crippen LogP contribution >= 0.6 is 0 Å². The standard InChI is InChI=1S/C15H17N3O4/c1-9-6-18(7-13(22-9)15(20)21)14(19)10-3-4-12-11(5-10)16-8-17(12)2/h3-5,8-9,13H,6-7H2,1-2H3,(H,20,21)/t9-,13-/m1/s1. The smallest absolute Gasteiger partial charge is 0.334 e. The SMILES string of the molecule is C[C@@H]1CN(C(=O)c2ccc3c(c2)ncn3C)C[C@H](C(=O)O)O1. The molecule has 0 aliphatic carbocycles. The minimum Gasteiger partial charge on any atom is -0.479 e. The number of morpholine rings is 1. The number of rotatable bonds is 2. The van der Waals surface area contributed by atoms with Crippen molar-refractivity contribution >= 4 is 22.9 Å². The molecule has 1 aliphatic rings. The molecule has 1 aromatic carbocycles. The average Bonchev–Trinajstić information content (AvgIpc) is 2.86. The molecule has 0 unspecified atom stereocenters. The van der Waals surface area contributed by atoms with Crippen molar-refractivity contribution in [1.29, 1.82) is 0 Å². The maximum Gasteiger partial charge on any atom is 0.334 e. The molecule has 0 spiro atoms. The zero-order chi connectivity index (χ0) is 15.9. The summed E-state index contributed by atoms with van der Waals surface area (Å²) in [7, 11) is 1.89. The van der Waals surface area contributed by atoms with Crippen LogP contribution < -0.4 is 0 Å². The van der Waals surface area contributed by atoms with Crippen LogP contribution in [-0.4, -0.2) is 56.7 Å². The van der Waals surface area contributed by atoms with Gasteiger partial charge in [0, 0.05) is 19.2 Å². The van der Waals surface area contributed by atoms with Crippen molar-refractivity contribution in [3.8, 4) is 0 Å². The Balaban J connectivity index is 1.86. The summed E-state index contributed by atoms with van der Waals surface area (Å²) in [5.41, 5.74) is 2.18. The van der Waals surface area contributed by atoms with Gasteiger partial charge in [-0.15, -0.1) is 0 Å². The lowest BCUT2D eigenvalue weighted by molar-refractivity contribution is -0.160. The van der Waals surface area contributed by atoms with Gasteiger partial charge in [-0.3, -0.25) is 4.79 Å². The number of hydrogen-bond acceptors (Lipinski definition) is 4. The zero-order valence-electron chi connectivity index (χ0n) is 12.4.